The van der Waals surface area contributed by atoms with Crippen molar-refractivity contribution >= 4 is 49.9 Å². The Morgan fingerprint density at radius 1 is 1.03 bits per heavy atom. The van der Waals surface area contributed by atoms with Crippen molar-refractivity contribution in [3.63, 3.8) is 0 Å². The number of thiazole rings is 1. The molecule has 1 aromatic carbocycles. The molecule has 4 heterocycles. The number of aromatic nitrogens is 3. The summed E-state index contributed by atoms with van der Waals surface area (Å²) in [6, 6.07) is 16.0. The van der Waals surface area contributed by atoms with Crippen molar-refractivity contribution in [2.45, 2.75) is 6.92 Å². The normalized spacial score (nSPS) is 14.8. The van der Waals surface area contributed by atoms with Gasteiger partial charge in [-0.3, -0.25) is 9.69 Å². The highest BCUT2D eigenvalue weighted by Gasteiger charge is 2.18. The zero-order chi connectivity index (χ0) is 24.4. The van der Waals surface area contributed by atoms with Crippen LogP contribution in [0, 0.1) is 6.92 Å². The number of anilines is 4. The van der Waals surface area contributed by atoms with Gasteiger partial charge in [0.2, 0.25) is 0 Å². The molecule has 0 aliphatic carbocycles. The van der Waals surface area contributed by atoms with Gasteiger partial charge in [0.25, 0.3) is 0 Å². The minimum absolute atomic E-state index is 0.100. The number of ketones is 1. The van der Waals surface area contributed by atoms with Gasteiger partial charge in [-0.2, -0.15) is 0 Å². The summed E-state index contributed by atoms with van der Waals surface area (Å²) in [5.41, 5.74) is 3.77. The minimum atomic E-state index is 0.100. The van der Waals surface area contributed by atoms with E-state index in [-0.39, 0.29) is 5.78 Å². The smallest absolute Gasteiger partial charge is 0.190 e. The lowest BCUT2D eigenvalue weighted by atomic mass is 10.1. The van der Waals surface area contributed by atoms with Crippen LogP contribution in [0.25, 0.3) is 10.3 Å². The van der Waals surface area contributed by atoms with Crippen LogP contribution < -0.4 is 10.2 Å². The van der Waals surface area contributed by atoms with Crippen LogP contribution in [0.2, 0.25) is 0 Å². The zero-order valence-electron chi connectivity index (χ0n) is 20.2. The highest BCUT2D eigenvalue weighted by molar-refractivity contribution is 7.21. The van der Waals surface area contributed by atoms with Gasteiger partial charge in [0.1, 0.15) is 22.0 Å². The predicted molar refractivity (Wildman–Crippen MR) is 142 cm³/mol. The Kier molecular flexibility index (Phi) is 6.72. The first kappa shape index (κ1) is 23.3. The average molecular weight is 488 g/mol. The lowest BCUT2D eigenvalue weighted by molar-refractivity contribution is 0.0876. The van der Waals surface area contributed by atoms with Gasteiger partial charge in [0.05, 0.1) is 6.54 Å². The summed E-state index contributed by atoms with van der Waals surface area (Å²) in [7, 11) is 4.12. The molecule has 1 aliphatic rings. The van der Waals surface area contributed by atoms with E-state index in [0.717, 1.165) is 48.0 Å². The number of rotatable bonds is 7. The Bertz CT molecular complexity index is 1310. The molecule has 3 aromatic heterocycles. The molecule has 5 rings (SSSR count). The number of hydrogen-bond acceptors (Lipinski definition) is 9. The summed E-state index contributed by atoms with van der Waals surface area (Å²) in [5, 5.41) is 3.96. The third-order valence-corrected chi connectivity index (χ3v) is 7.17. The van der Waals surface area contributed by atoms with Crippen molar-refractivity contribution in [1.82, 2.24) is 24.8 Å². The molecule has 1 N–H and O–H groups in total. The molecule has 0 spiro atoms. The number of carbonyl (C=O) groups excluding carboxylic acids is 1. The number of likely N-dealkylation sites (N-methyl/N-ethyl adjacent to an activating group) is 1. The maximum absolute atomic E-state index is 12.6. The van der Waals surface area contributed by atoms with Gasteiger partial charge in [0, 0.05) is 50.7 Å². The predicted octanol–water partition coefficient (Wildman–Crippen LogP) is 4.34. The summed E-state index contributed by atoms with van der Waals surface area (Å²) in [6.07, 6.45) is 1.64. The van der Waals surface area contributed by atoms with Crippen molar-refractivity contribution in [1.29, 1.82) is 0 Å². The maximum atomic E-state index is 12.6. The van der Waals surface area contributed by atoms with E-state index in [0.29, 0.717) is 23.1 Å². The molecule has 0 unspecified atom stereocenters. The Hall–Kier alpha value is -3.40. The van der Waals surface area contributed by atoms with Crippen molar-refractivity contribution in [2.75, 3.05) is 57.0 Å². The second-order valence-electron chi connectivity index (χ2n) is 8.97. The van der Waals surface area contributed by atoms with Crippen LogP contribution in [0.15, 0.2) is 54.7 Å². The minimum Gasteiger partial charge on any atom is -0.329 e. The number of piperazine rings is 1. The fourth-order valence-electron chi connectivity index (χ4n) is 3.99. The number of nitrogens with one attached hydrogen (secondary N) is 1. The van der Waals surface area contributed by atoms with Crippen LogP contribution in [0.3, 0.4) is 0 Å². The summed E-state index contributed by atoms with van der Waals surface area (Å²) >= 11 is 1.48. The number of pyridine rings is 2. The monoisotopic (exact) mass is 487 g/mol. The molecule has 0 saturated carbocycles. The van der Waals surface area contributed by atoms with Gasteiger partial charge in [-0.15, -0.1) is 0 Å². The molecule has 1 aliphatic heterocycles. The molecule has 35 heavy (non-hydrogen) atoms. The molecule has 1 fully saturated rings. The lowest BCUT2D eigenvalue weighted by Gasteiger charge is -2.31. The number of fused-ring (bicyclic) bond motifs is 1. The van der Waals surface area contributed by atoms with Crippen LogP contribution in [-0.2, 0) is 0 Å². The molecule has 0 amide bonds. The van der Waals surface area contributed by atoms with Crippen molar-refractivity contribution in [2.24, 2.45) is 0 Å². The van der Waals surface area contributed by atoms with Gasteiger partial charge in [0.15, 0.2) is 10.9 Å². The van der Waals surface area contributed by atoms with Crippen molar-refractivity contribution in [3.8, 4) is 0 Å². The number of hydrogen-bond donors (Lipinski definition) is 1. The second kappa shape index (κ2) is 10.1. The van der Waals surface area contributed by atoms with Crippen LogP contribution >= 0.6 is 11.3 Å². The van der Waals surface area contributed by atoms with E-state index >= 15 is 0 Å². The Labute approximate surface area is 209 Å². The average Bonchev–Trinajstić information content (AvgIpc) is 3.27. The van der Waals surface area contributed by atoms with E-state index < -0.39 is 0 Å². The maximum Gasteiger partial charge on any atom is 0.190 e. The molecule has 9 heteroatoms. The van der Waals surface area contributed by atoms with E-state index in [2.05, 4.69) is 68.2 Å². The molecular weight excluding hydrogens is 458 g/mol. The summed E-state index contributed by atoms with van der Waals surface area (Å²) in [5.74, 6) is 1.61. The van der Waals surface area contributed by atoms with Crippen LogP contribution in [0.5, 0.6) is 0 Å². The third kappa shape index (κ3) is 5.48. The zero-order valence-corrected chi connectivity index (χ0v) is 21.0. The SMILES string of the molecule is Cc1ccc(N(C)c2ccc3nc(Nc4ccc(C(=O)CN5CCN(C)CC5)cn4)sc3n2)cc1. The molecule has 180 valence electrons. The number of benzene rings is 1. The molecule has 0 radical (unpaired) electrons. The largest absolute Gasteiger partial charge is 0.329 e. The molecule has 1 saturated heterocycles. The van der Waals surface area contributed by atoms with Gasteiger partial charge < -0.3 is 15.1 Å². The number of aryl methyl sites for hydroxylation is 1. The first-order chi connectivity index (χ1) is 16.9. The molecule has 4 aromatic rings. The number of Topliss-reactive ketones (excluding diaryl/α,β-unsaturated/α-hetero) is 1. The fourth-order valence-corrected chi connectivity index (χ4v) is 4.83. The molecule has 0 bridgehead atoms. The Morgan fingerprint density at radius 2 is 1.80 bits per heavy atom. The second-order valence-corrected chi connectivity index (χ2v) is 9.94. The summed E-state index contributed by atoms with van der Waals surface area (Å²) < 4.78 is 0. The quantitative estimate of drug-likeness (QED) is 0.386. The molecular formula is C26H29N7OS. The first-order valence-electron chi connectivity index (χ1n) is 11.7. The van der Waals surface area contributed by atoms with E-state index in [4.69, 9.17) is 4.98 Å². The van der Waals surface area contributed by atoms with Crippen molar-refractivity contribution < 1.29 is 4.79 Å². The van der Waals surface area contributed by atoms with Crippen molar-refractivity contribution in [3.05, 3.63) is 65.9 Å². The highest BCUT2D eigenvalue weighted by Crippen LogP contribution is 2.30. The van der Waals surface area contributed by atoms with Gasteiger partial charge >= 0.3 is 0 Å². The van der Waals surface area contributed by atoms with Gasteiger partial charge in [-0.1, -0.05) is 29.0 Å². The Morgan fingerprint density at radius 3 is 2.51 bits per heavy atom. The third-order valence-electron chi connectivity index (χ3n) is 6.29. The molecule has 0 atom stereocenters. The standard InChI is InChI=1S/C26H29N7OS/c1-18-4-7-20(8-5-18)32(3)24-11-9-21-25(30-24)35-26(28-21)29-23-10-6-19(16-27-23)22(34)17-33-14-12-31(2)13-15-33/h4-11,16H,12-15,17H2,1-3H3,(H,27,28,29). The highest BCUT2D eigenvalue weighted by atomic mass is 32.1. The molecule has 8 nitrogen and oxygen atoms in total. The number of nitrogens with zero attached hydrogens (tertiary/aromatic N) is 6. The summed E-state index contributed by atoms with van der Waals surface area (Å²) in [4.78, 5) is 33.9. The van der Waals surface area contributed by atoms with Crippen LogP contribution in [0.4, 0.5) is 22.5 Å². The lowest BCUT2D eigenvalue weighted by Crippen LogP contribution is -2.46. The fraction of sp³-hybridized carbons (Fsp3) is 0.308. The van der Waals surface area contributed by atoms with E-state index in [1.807, 2.05) is 31.3 Å². The van der Waals surface area contributed by atoms with E-state index in [1.165, 1.54) is 16.9 Å². The Balaban J connectivity index is 1.24. The first-order valence-corrected chi connectivity index (χ1v) is 12.5. The van der Waals surface area contributed by atoms with Crippen LogP contribution in [0.1, 0.15) is 15.9 Å². The number of carbonyl (C=O) groups is 1. The van der Waals surface area contributed by atoms with Gasteiger partial charge in [-0.05, 0) is 50.4 Å². The topological polar surface area (TPSA) is 77.5 Å². The summed E-state index contributed by atoms with van der Waals surface area (Å²) in [6.45, 7) is 6.34. The van der Waals surface area contributed by atoms with Crippen LogP contribution in [-0.4, -0.2) is 77.4 Å². The van der Waals surface area contributed by atoms with Gasteiger partial charge in [-0.25, -0.2) is 15.0 Å². The van der Waals surface area contributed by atoms with E-state index in [9.17, 15) is 4.79 Å². The van der Waals surface area contributed by atoms with E-state index in [1.54, 1.807) is 6.20 Å².